The number of piperazine rings is 1. The molecule has 0 unspecified atom stereocenters. The van der Waals surface area contributed by atoms with Gasteiger partial charge in [0.1, 0.15) is 6.33 Å². The molecule has 0 aliphatic carbocycles. The Bertz CT molecular complexity index is 1080. The number of benzene rings is 2. The van der Waals surface area contributed by atoms with E-state index in [0.29, 0.717) is 11.9 Å². The van der Waals surface area contributed by atoms with Crippen LogP contribution in [0.2, 0.25) is 0 Å². The summed E-state index contributed by atoms with van der Waals surface area (Å²) in [7, 11) is 0. The Kier molecular flexibility index (Phi) is 5.97. The minimum atomic E-state index is -0.104. The molecule has 160 valence electrons. The van der Waals surface area contributed by atoms with Crippen molar-refractivity contribution in [1.29, 1.82) is 0 Å². The van der Waals surface area contributed by atoms with Crippen LogP contribution in [0, 0.1) is 13.8 Å². The summed E-state index contributed by atoms with van der Waals surface area (Å²) >= 11 is 0. The van der Waals surface area contributed by atoms with Crippen LogP contribution in [0.3, 0.4) is 0 Å². The number of amides is 1. The number of anilines is 5. The van der Waals surface area contributed by atoms with Crippen molar-refractivity contribution in [3.05, 3.63) is 59.9 Å². The van der Waals surface area contributed by atoms with Crippen molar-refractivity contribution in [2.24, 2.45) is 0 Å². The Morgan fingerprint density at radius 3 is 2.35 bits per heavy atom. The Morgan fingerprint density at radius 2 is 1.61 bits per heavy atom. The predicted octanol–water partition coefficient (Wildman–Crippen LogP) is 3.52. The standard InChI is InChI=1S/C23H27N7O/c1-16-7-4-5-10-21(16)29-11-13-30(14-12-29)23-25-15-24-22(28-23)27-20-9-6-8-19(17(20)2)26-18(3)31/h4-10,15H,11-14H2,1-3H3,(H,26,31)(H,24,25,27,28). The van der Waals surface area contributed by atoms with E-state index in [1.54, 1.807) is 0 Å². The van der Waals surface area contributed by atoms with Crippen molar-refractivity contribution >= 4 is 34.9 Å². The number of rotatable bonds is 5. The van der Waals surface area contributed by atoms with Crippen molar-refractivity contribution in [2.75, 3.05) is 46.6 Å². The zero-order valence-corrected chi connectivity index (χ0v) is 18.1. The van der Waals surface area contributed by atoms with E-state index in [1.165, 1.54) is 24.5 Å². The summed E-state index contributed by atoms with van der Waals surface area (Å²) in [6.45, 7) is 9.10. The SMILES string of the molecule is CC(=O)Nc1cccc(Nc2ncnc(N3CCN(c4ccccc4C)CC3)n2)c1C. The molecule has 2 N–H and O–H groups in total. The molecule has 31 heavy (non-hydrogen) atoms. The lowest BCUT2D eigenvalue weighted by Crippen LogP contribution is -2.47. The van der Waals surface area contributed by atoms with Gasteiger partial charge in [-0.15, -0.1) is 0 Å². The zero-order valence-electron chi connectivity index (χ0n) is 18.1. The number of aryl methyl sites for hydroxylation is 1. The highest BCUT2D eigenvalue weighted by atomic mass is 16.1. The van der Waals surface area contributed by atoms with Gasteiger partial charge in [0, 0.05) is 50.2 Å². The molecule has 1 saturated heterocycles. The number of hydrogen-bond donors (Lipinski definition) is 2. The molecule has 3 aromatic rings. The quantitative estimate of drug-likeness (QED) is 0.657. The maximum absolute atomic E-state index is 11.4. The molecule has 1 aliphatic rings. The van der Waals surface area contributed by atoms with Crippen LogP contribution in [-0.2, 0) is 4.79 Å². The lowest BCUT2D eigenvalue weighted by molar-refractivity contribution is -0.114. The first kappa shape index (κ1) is 20.6. The van der Waals surface area contributed by atoms with E-state index >= 15 is 0 Å². The number of para-hydroxylation sites is 1. The van der Waals surface area contributed by atoms with Crippen LogP contribution in [0.15, 0.2) is 48.8 Å². The van der Waals surface area contributed by atoms with Gasteiger partial charge in [0.05, 0.1) is 0 Å². The number of carbonyl (C=O) groups excluding carboxylic acids is 1. The van der Waals surface area contributed by atoms with Gasteiger partial charge in [0.25, 0.3) is 0 Å². The van der Waals surface area contributed by atoms with E-state index in [9.17, 15) is 4.79 Å². The van der Waals surface area contributed by atoms with Gasteiger partial charge in [-0.05, 0) is 43.2 Å². The molecule has 0 atom stereocenters. The van der Waals surface area contributed by atoms with E-state index in [4.69, 9.17) is 0 Å². The first-order valence-electron chi connectivity index (χ1n) is 10.4. The van der Waals surface area contributed by atoms with Crippen LogP contribution in [0.1, 0.15) is 18.1 Å². The Morgan fingerprint density at radius 1 is 0.903 bits per heavy atom. The van der Waals surface area contributed by atoms with Crippen molar-refractivity contribution in [3.8, 4) is 0 Å². The molecular formula is C23H27N7O. The lowest BCUT2D eigenvalue weighted by Gasteiger charge is -2.36. The van der Waals surface area contributed by atoms with Crippen LogP contribution in [0.25, 0.3) is 0 Å². The molecule has 0 radical (unpaired) electrons. The maximum atomic E-state index is 11.4. The predicted molar refractivity (Wildman–Crippen MR) is 124 cm³/mol. The van der Waals surface area contributed by atoms with Gasteiger partial charge < -0.3 is 20.4 Å². The van der Waals surface area contributed by atoms with Crippen LogP contribution < -0.4 is 20.4 Å². The highest BCUT2D eigenvalue weighted by Crippen LogP contribution is 2.26. The summed E-state index contributed by atoms with van der Waals surface area (Å²) in [4.78, 5) is 29.3. The van der Waals surface area contributed by atoms with Gasteiger partial charge in [0.15, 0.2) is 0 Å². The topological polar surface area (TPSA) is 86.3 Å². The summed E-state index contributed by atoms with van der Waals surface area (Å²) in [6.07, 6.45) is 1.53. The van der Waals surface area contributed by atoms with Crippen molar-refractivity contribution in [2.45, 2.75) is 20.8 Å². The molecule has 2 heterocycles. The average molecular weight is 418 g/mol. The Labute approximate surface area is 182 Å². The number of aromatic nitrogens is 3. The van der Waals surface area contributed by atoms with Gasteiger partial charge in [0.2, 0.25) is 17.8 Å². The van der Waals surface area contributed by atoms with Gasteiger partial charge >= 0.3 is 0 Å². The molecule has 1 aromatic heterocycles. The molecule has 0 spiro atoms. The fourth-order valence-electron chi connectivity index (χ4n) is 3.78. The average Bonchev–Trinajstić information content (AvgIpc) is 2.77. The molecule has 1 aliphatic heterocycles. The van der Waals surface area contributed by atoms with E-state index in [2.05, 4.69) is 66.6 Å². The monoisotopic (exact) mass is 417 g/mol. The molecule has 8 nitrogen and oxygen atoms in total. The van der Waals surface area contributed by atoms with Gasteiger partial charge in [-0.2, -0.15) is 4.98 Å². The molecule has 4 rings (SSSR count). The summed E-state index contributed by atoms with van der Waals surface area (Å²) < 4.78 is 0. The molecule has 8 heteroatoms. The van der Waals surface area contributed by atoms with Crippen LogP contribution >= 0.6 is 0 Å². The number of nitrogens with one attached hydrogen (secondary N) is 2. The van der Waals surface area contributed by atoms with Gasteiger partial charge in [-0.25, -0.2) is 9.97 Å². The second-order valence-corrected chi connectivity index (χ2v) is 7.65. The third-order valence-corrected chi connectivity index (χ3v) is 5.47. The van der Waals surface area contributed by atoms with Crippen LogP contribution in [0.4, 0.5) is 29.0 Å². The fourth-order valence-corrected chi connectivity index (χ4v) is 3.78. The third-order valence-electron chi connectivity index (χ3n) is 5.47. The molecule has 1 amide bonds. The normalized spacial score (nSPS) is 13.8. The Hall–Kier alpha value is -3.68. The number of nitrogens with zero attached hydrogens (tertiary/aromatic N) is 5. The molecule has 2 aromatic carbocycles. The van der Waals surface area contributed by atoms with Crippen LogP contribution in [0.5, 0.6) is 0 Å². The molecule has 0 saturated carbocycles. The second-order valence-electron chi connectivity index (χ2n) is 7.65. The van der Waals surface area contributed by atoms with Crippen molar-refractivity contribution in [3.63, 3.8) is 0 Å². The molecule has 1 fully saturated rings. The summed E-state index contributed by atoms with van der Waals surface area (Å²) in [5.41, 5.74) is 5.10. The van der Waals surface area contributed by atoms with Crippen molar-refractivity contribution in [1.82, 2.24) is 15.0 Å². The first-order valence-corrected chi connectivity index (χ1v) is 10.4. The number of carbonyl (C=O) groups is 1. The Balaban J connectivity index is 1.45. The van der Waals surface area contributed by atoms with Crippen molar-refractivity contribution < 1.29 is 4.79 Å². The van der Waals surface area contributed by atoms with E-state index in [0.717, 1.165) is 43.1 Å². The summed E-state index contributed by atoms with van der Waals surface area (Å²) in [5.74, 6) is 1.04. The minimum Gasteiger partial charge on any atom is -0.368 e. The largest absolute Gasteiger partial charge is 0.368 e. The van der Waals surface area contributed by atoms with E-state index < -0.39 is 0 Å². The third kappa shape index (κ3) is 4.74. The van der Waals surface area contributed by atoms with Gasteiger partial charge in [-0.3, -0.25) is 4.79 Å². The molecular weight excluding hydrogens is 390 g/mol. The zero-order chi connectivity index (χ0) is 21.8. The summed E-state index contributed by atoms with van der Waals surface area (Å²) in [5, 5.41) is 6.10. The maximum Gasteiger partial charge on any atom is 0.232 e. The van der Waals surface area contributed by atoms with Gasteiger partial charge in [-0.1, -0.05) is 24.3 Å². The fraction of sp³-hybridized carbons (Fsp3) is 0.304. The first-order chi connectivity index (χ1) is 15.0. The van der Waals surface area contributed by atoms with E-state index in [1.807, 2.05) is 25.1 Å². The highest BCUT2D eigenvalue weighted by Gasteiger charge is 2.20. The lowest BCUT2D eigenvalue weighted by atomic mass is 10.1. The summed E-state index contributed by atoms with van der Waals surface area (Å²) in [6, 6.07) is 14.2. The van der Waals surface area contributed by atoms with Crippen LogP contribution in [-0.4, -0.2) is 47.0 Å². The second kappa shape index (κ2) is 8.99. The number of hydrogen-bond acceptors (Lipinski definition) is 7. The smallest absolute Gasteiger partial charge is 0.232 e. The highest BCUT2D eigenvalue weighted by molar-refractivity contribution is 5.90. The molecule has 0 bridgehead atoms. The van der Waals surface area contributed by atoms with E-state index in [-0.39, 0.29) is 5.91 Å². The minimum absolute atomic E-state index is 0.104.